The van der Waals surface area contributed by atoms with Crippen molar-refractivity contribution in [2.75, 3.05) is 32.9 Å². The molecule has 5 rings (SSSR count). The zero-order chi connectivity index (χ0) is 26.2. The number of rotatable bonds is 6. The van der Waals surface area contributed by atoms with Gasteiger partial charge in [-0.05, 0) is 31.9 Å². The maximum atomic E-state index is 13.3. The van der Waals surface area contributed by atoms with Crippen LogP contribution in [0.3, 0.4) is 0 Å². The highest BCUT2D eigenvalue weighted by Gasteiger charge is 2.34. The first-order chi connectivity index (χ1) is 17.8. The van der Waals surface area contributed by atoms with Gasteiger partial charge in [-0.25, -0.2) is 8.42 Å². The summed E-state index contributed by atoms with van der Waals surface area (Å²) in [6.07, 6.45) is 1.04. The van der Waals surface area contributed by atoms with Crippen LogP contribution < -0.4 is 14.3 Å². The summed E-state index contributed by atoms with van der Waals surface area (Å²) in [4.78, 5) is 30.4. The largest absolute Gasteiger partial charge is 0.486 e. The second kappa shape index (κ2) is 10.7. The van der Waals surface area contributed by atoms with Crippen LogP contribution >= 0.6 is 34.3 Å². The van der Waals surface area contributed by atoms with Gasteiger partial charge in [0, 0.05) is 25.2 Å². The van der Waals surface area contributed by atoms with Gasteiger partial charge < -0.3 is 18.8 Å². The first-order valence-corrected chi connectivity index (χ1v) is 15.1. The van der Waals surface area contributed by atoms with Crippen LogP contribution in [0.15, 0.2) is 33.5 Å². The molecule has 0 saturated carbocycles. The molecular formula is C23H24ClN3O7S3. The van der Waals surface area contributed by atoms with Crippen LogP contribution in [0.1, 0.15) is 19.8 Å². The van der Waals surface area contributed by atoms with Crippen molar-refractivity contribution in [3.8, 4) is 11.5 Å². The van der Waals surface area contributed by atoms with Gasteiger partial charge in [0.25, 0.3) is 15.9 Å². The summed E-state index contributed by atoms with van der Waals surface area (Å²) in [7, 11) is -3.76. The Kier molecular flexibility index (Phi) is 7.59. The lowest BCUT2D eigenvalue weighted by Gasteiger charge is -2.29. The quantitative estimate of drug-likeness (QED) is 0.408. The molecule has 37 heavy (non-hydrogen) atoms. The molecule has 0 aliphatic carbocycles. The van der Waals surface area contributed by atoms with E-state index in [4.69, 9.17) is 25.8 Å². The number of ether oxygens (including phenoxy) is 3. The number of carbonyl (C=O) groups excluding carboxylic acids is 2. The van der Waals surface area contributed by atoms with Crippen LogP contribution in [0.2, 0.25) is 4.34 Å². The van der Waals surface area contributed by atoms with Crippen molar-refractivity contribution >= 4 is 66.4 Å². The predicted octanol–water partition coefficient (Wildman–Crippen LogP) is 3.28. The fraction of sp³-hybridized carbons (Fsp3) is 0.435. The van der Waals surface area contributed by atoms with Crippen molar-refractivity contribution in [1.82, 2.24) is 8.87 Å². The van der Waals surface area contributed by atoms with E-state index in [2.05, 4.69) is 4.99 Å². The van der Waals surface area contributed by atoms with Crippen molar-refractivity contribution in [2.24, 2.45) is 10.9 Å². The Labute approximate surface area is 226 Å². The molecule has 3 aromatic rings. The summed E-state index contributed by atoms with van der Waals surface area (Å²) in [5.74, 6) is -0.377. The van der Waals surface area contributed by atoms with Gasteiger partial charge in [-0.2, -0.15) is 9.30 Å². The van der Waals surface area contributed by atoms with E-state index >= 15 is 0 Å². The van der Waals surface area contributed by atoms with Crippen LogP contribution in [0.25, 0.3) is 10.2 Å². The fourth-order valence-corrected chi connectivity index (χ4v) is 8.50. The third kappa shape index (κ3) is 5.41. The van der Waals surface area contributed by atoms with Crippen molar-refractivity contribution in [3.05, 3.63) is 33.4 Å². The summed E-state index contributed by atoms with van der Waals surface area (Å²) in [5.41, 5.74) is 0.663. The van der Waals surface area contributed by atoms with E-state index in [1.807, 2.05) is 0 Å². The number of esters is 1. The topological polar surface area (TPSA) is 116 Å². The van der Waals surface area contributed by atoms with Gasteiger partial charge in [-0.15, -0.1) is 11.3 Å². The SMILES string of the molecule is CCOC(=O)Cn1c(=NC(=O)C2CCCN(S(=O)(=O)c3ccc(Cl)s3)C2)sc2cc3c(cc21)OCCO3. The average Bonchev–Trinajstić information content (AvgIpc) is 3.46. The highest BCUT2D eigenvalue weighted by Crippen LogP contribution is 2.36. The van der Waals surface area contributed by atoms with Gasteiger partial charge in [0.05, 0.1) is 27.1 Å². The molecule has 1 amide bonds. The Balaban J connectivity index is 1.47. The Morgan fingerprint density at radius 3 is 2.65 bits per heavy atom. The molecule has 2 aromatic heterocycles. The van der Waals surface area contributed by atoms with Gasteiger partial charge in [0.15, 0.2) is 16.3 Å². The number of hydrogen-bond donors (Lipinski definition) is 0. The number of piperidine rings is 1. The van der Waals surface area contributed by atoms with Crippen molar-refractivity contribution in [2.45, 2.75) is 30.5 Å². The summed E-state index contributed by atoms with van der Waals surface area (Å²) in [6.45, 7) is 3.00. The summed E-state index contributed by atoms with van der Waals surface area (Å²) in [6, 6.07) is 6.59. The lowest BCUT2D eigenvalue weighted by atomic mass is 9.99. The number of fused-ring (bicyclic) bond motifs is 2. The second-order valence-electron chi connectivity index (χ2n) is 8.45. The summed E-state index contributed by atoms with van der Waals surface area (Å²) >= 11 is 8.17. The number of sulfonamides is 1. The van der Waals surface area contributed by atoms with E-state index in [9.17, 15) is 18.0 Å². The van der Waals surface area contributed by atoms with Gasteiger partial charge in [0.1, 0.15) is 24.0 Å². The lowest BCUT2D eigenvalue weighted by molar-refractivity contribution is -0.143. The number of nitrogens with zero attached hydrogens (tertiary/aromatic N) is 3. The maximum absolute atomic E-state index is 13.3. The number of thiophene rings is 1. The fourth-order valence-electron chi connectivity index (χ4n) is 4.29. The standard InChI is InChI=1S/C23H24ClN3O7S3/c1-2-32-20(28)13-27-15-10-16-17(34-9-8-33-16)11-18(15)35-23(27)25-22(29)14-4-3-7-26(12-14)37(30,31)21-6-5-19(24)36-21/h5-6,10-11,14H,2-4,7-9,12-13H2,1H3. The molecule has 0 spiro atoms. The molecule has 10 nitrogen and oxygen atoms in total. The van der Waals surface area contributed by atoms with Gasteiger partial charge >= 0.3 is 5.97 Å². The highest BCUT2D eigenvalue weighted by molar-refractivity contribution is 7.91. The molecule has 1 fully saturated rings. The monoisotopic (exact) mass is 585 g/mol. The molecule has 1 unspecified atom stereocenters. The molecule has 1 saturated heterocycles. The third-order valence-corrected chi connectivity index (χ3v) is 10.6. The van der Waals surface area contributed by atoms with E-state index in [1.54, 1.807) is 29.7 Å². The van der Waals surface area contributed by atoms with Gasteiger partial charge in [0.2, 0.25) is 0 Å². The molecule has 198 valence electrons. The molecule has 0 N–H and O–H groups in total. The van der Waals surface area contributed by atoms with Crippen LogP contribution in [-0.2, 0) is 30.9 Å². The van der Waals surface area contributed by atoms with Gasteiger partial charge in [-0.1, -0.05) is 22.9 Å². The minimum absolute atomic E-state index is 0.0267. The molecule has 0 bridgehead atoms. The molecule has 1 atom stereocenters. The van der Waals surface area contributed by atoms with Crippen LogP contribution in [-0.4, -0.2) is 62.1 Å². The molecule has 2 aliphatic rings. The van der Waals surface area contributed by atoms with Crippen LogP contribution in [0.4, 0.5) is 0 Å². The van der Waals surface area contributed by atoms with E-state index in [0.29, 0.717) is 58.8 Å². The first kappa shape index (κ1) is 26.2. The van der Waals surface area contributed by atoms with Gasteiger partial charge in [-0.3, -0.25) is 9.59 Å². The lowest BCUT2D eigenvalue weighted by Crippen LogP contribution is -2.42. The number of amides is 1. The summed E-state index contributed by atoms with van der Waals surface area (Å²) in [5, 5.41) is 0. The first-order valence-electron chi connectivity index (χ1n) is 11.7. The molecule has 1 aromatic carbocycles. The molecule has 0 radical (unpaired) electrons. The Morgan fingerprint density at radius 1 is 1.19 bits per heavy atom. The Hall–Kier alpha value is -2.45. The van der Waals surface area contributed by atoms with E-state index < -0.39 is 27.8 Å². The van der Waals surface area contributed by atoms with Crippen molar-refractivity contribution in [3.63, 3.8) is 0 Å². The maximum Gasteiger partial charge on any atom is 0.326 e. The normalized spacial score (nSPS) is 18.8. The van der Waals surface area contributed by atoms with Crippen molar-refractivity contribution < 1.29 is 32.2 Å². The van der Waals surface area contributed by atoms with E-state index in [-0.39, 0.29) is 23.9 Å². The van der Waals surface area contributed by atoms with E-state index in [0.717, 1.165) is 16.0 Å². The number of aromatic nitrogens is 1. The number of hydrogen-bond acceptors (Lipinski definition) is 9. The second-order valence-corrected chi connectivity index (χ2v) is 13.3. The van der Waals surface area contributed by atoms with Crippen LogP contribution in [0, 0.1) is 5.92 Å². The number of thiazole rings is 1. The summed E-state index contributed by atoms with van der Waals surface area (Å²) < 4.78 is 46.9. The van der Waals surface area contributed by atoms with Crippen LogP contribution in [0.5, 0.6) is 11.5 Å². The molecular weight excluding hydrogens is 562 g/mol. The number of benzene rings is 1. The third-order valence-electron chi connectivity index (χ3n) is 6.02. The molecule has 4 heterocycles. The Morgan fingerprint density at radius 2 is 1.95 bits per heavy atom. The minimum atomic E-state index is -3.76. The van der Waals surface area contributed by atoms with E-state index in [1.165, 1.54) is 21.7 Å². The Bertz CT molecular complexity index is 1530. The average molecular weight is 586 g/mol. The molecule has 2 aliphatic heterocycles. The smallest absolute Gasteiger partial charge is 0.326 e. The van der Waals surface area contributed by atoms with Crippen molar-refractivity contribution in [1.29, 1.82) is 0 Å². The highest BCUT2D eigenvalue weighted by atomic mass is 35.5. The number of halogens is 1. The zero-order valence-electron chi connectivity index (χ0n) is 19.8. The zero-order valence-corrected chi connectivity index (χ0v) is 23.1. The molecule has 14 heteroatoms. The minimum Gasteiger partial charge on any atom is -0.486 e. The number of carbonyl (C=O) groups is 2. The predicted molar refractivity (Wildman–Crippen MR) is 139 cm³/mol.